The lowest BCUT2D eigenvalue weighted by Gasteiger charge is -2.13. The average Bonchev–Trinajstić information content (AvgIpc) is 2.93. The van der Waals surface area contributed by atoms with E-state index in [4.69, 9.17) is 10.8 Å². The molecule has 3 N–H and O–H groups in total. The highest BCUT2D eigenvalue weighted by Gasteiger charge is 2.37. The Hall–Kier alpha value is -1.92. The van der Waals surface area contributed by atoms with Crippen molar-refractivity contribution >= 4 is 22.1 Å². The number of nitrogens with two attached hydrogens (primary N) is 1. The van der Waals surface area contributed by atoms with Gasteiger partial charge >= 0.3 is 12.4 Å². The normalized spacial score (nSPS) is 14.7. The summed E-state index contributed by atoms with van der Waals surface area (Å²) in [7, 11) is 0. The quantitative estimate of drug-likeness (QED) is 0.577. The molecule has 5 nitrogen and oxygen atoms in total. The summed E-state index contributed by atoms with van der Waals surface area (Å²) < 4.78 is 78.1. The van der Waals surface area contributed by atoms with Crippen LogP contribution in [0.2, 0.25) is 0 Å². The molecule has 1 aromatic heterocycles. The molecule has 0 bridgehead atoms. The number of aliphatic hydroxyl groups excluding tert-OH is 1. The molecule has 0 aliphatic carbocycles. The van der Waals surface area contributed by atoms with Gasteiger partial charge in [0.2, 0.25) is 0 Å². The van der Waals surface area contributed by atoms with E-state index in [0.29, 0.717) is 12.1 Å². The first-order chi connectivity index (χ1) is 11.4. The van der Waals surface area contributed by atoms with Gasteiger partial charge in [0.25, 0.3) is 0 Å². The van der Waals surface area contributed by atoms with E-state index in [0.717, 1.165) is 17.2 Å². The van der Waals surface area contributed by atoms with Crippen molar-refractivity contribution in [3.63, 3.8) is 0 Å². The van der Waals surface area contributed by atoms with Crippen LogP contribution >= 0.6 is 15.9 Å². The first kappa shape index (κ1) is 19.4. The molecule has 1 heterocycles. The Kier molecular flexibility index (Phi) is 5.25. The summed E-state index contributed by atoms with van der Waals surface area (Å²) in [5.41, 5.74) is 1.77. The smallest absolute Gasteiger partial charge is 0.374 e. The van der Waals surface area contributed by atoms with E-state index in [9.17, 15) is 26.3 Å². The van der Waals surface area contributed by atoms with Crippen molar-refractivity contribution in [1.29, 1.82) is 0 Å². The molecule has 0 saturated carbocycles. The number of alkyl halides is 6. The summed E-state index contributed by atoms with van der Waals surface area (Å²) in [6.07, 6.45) is -9.12. The average molecular weight is 431 g/mol. The number of nitrogens with zero attached hydrogens (tertiary/aromatic N) is 3. The van der Waals surface area contributed by atoms with Crippen LogP contribution in [0.15, 0.2) is 29.0 Å². The van der Waals surface area contributed by atoms with Gasteiger partial charge in [0.1, 0.15) is 12.6 Å². The topological polar surface area (TPSA) is 77.0 Å². The Morgan fingerprint density at radius 3 is 2.08 bits per heavy atom. The summed E-state index contributed by atoms with van der Waals surface area (Å²) in [6, 6.07) is 1.05. The van der Waals surface area contributed by atoms with Crippen molar-refractivity contribution < 1.29 is 31.4 Å². The van der Waals surface area contributed by atoms with Crippen molar-refractivity contribution in [2.75, 3.05) is 0 Å². The monoisotopic (exact) mass is 430 g/mol. The highest BCUT2D eigenvalue weighted by molar-refractivity contribution is 9.11. The summed E-state index contributed by atoms with van der Waals surface area (Å²) in [6.45, 7) is 0. The predicted octanol–water partition coefficient (Wildman–Crippen LogP) is 3.45. The number of aromatic nitrogens is 3. The SMILES string of the molecule is NC(O)C(Br)=Cn1cnc(-c2cc(C(F)(F)F)cc(C(F)(F)F)c2)n1. The van der Waals surface area contributed by atoms with Gasteiger partial charge in [-0.25, -0.2) is 9.67 Å². The maximum absolute atomic E-state index is 12.8. The van der Waals surface area contributed by atoms with Crippen LogP contribution in [-0.2, 0) is 12.4 Å². The minimum Gasteiger partial charge on any atom is -0.374 e. The lowest BCUT2D eigenvalue weighted by atomic mass is 10.0. The van der Waals surface area contributed by atoms with Crippen molar-refractivity contribution in [3.05, 3.63) is 40.1 Å². The van der Waals surface area contributed by atoms with Crippen molar-refractivity contribution in [2.45, 2.75) is 18.6 Å². The third-order valence-electron chi connectivity index (χ3n) is 2.89. The van der Waals surface area contributed by atoms with Crippen LogP contribution in [0, 0.1) is 0 Å². The van der Waals surface area contributed by atoms with Gasteiger partial charge in [0.05, 0.1) is 15.6 Å². The van der Waals surface area contributed by atoms with E-state index in [2.05, 4.69) is 26.0 Å². The van der Waals surface area contributed by atoms with Crippen LogP contribution in [-0.4, -0.2) is 26.1 Å². The third-order valence-corrected chi connectivity index (χ3v) is 3.57. The molecule has 0 aliphatic rings. The minimum absolute atomic E-state index is 0.0156. The van der Waals surface area contributed by atoms with Gasteiger partial charge in [-0.15, -0.1) is 5.10 Å². The molecule has 2 rings (SSSR count). The lowest BCUT2D eigenvalue weighted by Crippen LogP contribution is -2.18. The maximum Gasteiger partial charge on any atom is 0.416 e. The Balaban J connectivity index is 2.52. The van der Waals surface area contributed by atoms with Gasteiger partial charge in [0, 0.05) is 11.8 Å². The molecule has 0 amide bonds. The predicted molar refractivity (Wildman–Crippen MR) is 78.9 cm³/mol. The lowest BCUT2D eigenvalue weighted by molar-refractivity contribution is -0.143. The summed E-state index contributed by atoms with van der Waals surface area (Å²) >= 11 is 2.92. The second-order valence-corrected chi connectivity index (χ2v) is 5.72. The van der Waals surface area contributed by atoms with E-state index in [1.165, 1.54) is 0 Å². The number of hydrogen-bond donors (Lipinski definition) is 2. The molecule has 1 atom stereocenters. The molecule has 1 unspecified atom stereocenters. The van der Waals surface area contributed by atoms with E-state index < -0.39 is 35.3 Å². The van der Waals surface area contributed by atoms with Crippen LogP contribution in [0.3, 0.4) is 0 Å². The van der Waals surface area contributed by atoms with Gasteiger partial charge in [-0.3, -0.25) is 0 Å². The van der Waals surface area contributed by atoms with Crippen LogP contribution in [0.1, 0.15) is 11.1 Å². The zero-order valence-electron chi connectivity index (χ0n) is 12.0. The number of halogens is 7. The number of rotatable bonds is 3. The molecule has 2 aromatic rings. The van der Waals surface area contributed by atoms with Gasteiger partial charge in [-0.05, 0) is 34.1 Å². The van der Waals surface area contributed by atoms with Gasteiger partial charge in [-0.2, -0.15) is 26.3 Å². The van der Waals surface area contributed by atoms with Gasteiger partial charge in [-0.1, -0.05) is 0 Å². The van der Waals surface area contributed by atoms with Gasteiger partial charge < -0.3 is 10.8 Å². The molecule has 12 heteroatoms. The van der Waals surface area contributed by atoms with Crippen molar-refractivity contribution in [3.8, 4) is 11.4 Å². The van der Waals surface area contributed by atoms with E-state index in [-0.39, 0.29) is 16.4 Å². The molecule has 0 radical (unpaired) electrons. The van der Waals surface area contributed by atoms with E-state index >= 15 is 0 Å². The van der Waals surface area contributed by atoms with Crippen molar-refractivity contribution in [1.82, 2.24) is 14.8 Å². The highest BCUT2D eigenvalue weighted by Crippen LogP contribution is 2.38. The second-order valence-electron chi connectivity index (χ2n) is 4.80. The first-order valence-corrected chi connectivity index (χ1v) is 7.19. The molecule has 136 valence electrons. The van der Waals surface area contributed by atoms with Crippen LogP contribution in [0.4, 0.5) is 26.3 Å². The first-order valence-electron chi connectivity index (χ1n) is 6.40. The van der Waals surface area contributed by atoms with Crippen molar-refractivity contribution in [2.24, 2.45) is 5.73 Å². The van der Waals surface area contributed by atoms with Crippen LogP contribution in [0.5, 0.6) is 0 Å². The zero-order valence-corrected chi connectivity index (χ0v) is 13.6. The Bertz CT molecular complexity index is 764. The Morgan fingerprint density at radius 1 is 1.12 bits per heavy atom. The van der Waals surface area contributed by atoms with Gasteiger partial charge in [0.15, 0.2) is 5.82 Å². The number of benzene rings is 1. The molecule has 0 saturated heterocycles. The van der Waals surface area contributed by atoms with Crippen LogP contribution < -0.4 is 5.73 Å². The Labute approximate surface area is 144 Å². The third kappa shape index (κ3) is 4.80. The Morgan fingerprint density at radius 2 is 1.64 bits per heavy atom. The van der Waals surface area contributed by atoms with E-state index in [1.54, 1.807) is 0 Å². The zero-order chi connectivity index (χ0) is 19.0. The molecular formula is C13H9BrF6N4O. The van der Waals surface area contributed by atoms with E-state index in [1.807, 2.05) is 0 Å². The summed E-state index contributed by atoms with van der Waals surface area (Å²) in [4.78, 5) is 3.67. The molecule has 1 aromatic carbocycles. The number of hydrogen-bond acceptors (Lipinski definition) is 4. The molecule has 0 fully saturated rings. The standard InChI is InChI=1S/C13H9BrF6N4O/c14-9(10(21)25)4-24-5-22-11(23-24)6-1-7(12(15,16)17)3-8(2-6)13(18,19)20/h1-5,10,25H,21H2. The fraction of sp³-hybridized carbons (Fsp3) is 0.231. The minimum atomic E-state index is -4.97. The maximum atomic E-state index is 12.8. The highest BCUT2D eigenvalue weighted by atomic mass is 79.9. The number of aliphatic hydroxyl groups is 1. The molecule has 0 aliphatic heterocycles. The fourth-order valence-corrected chi connectivity index (χ4v) is 1.97. The van der Waals surface area contributed by atoms with Crippen LogP contribution in [0.25, 0.3) is 17.6 Å². The molecule has 25 heavy (non-hydrogen) atoms. The second kappa shape index (κ2) is 6.77. The largest absolute Gasteiger partial charge is 0.416 e. The summed E-state index contributed by atoms with van der Waals surface area (Å²) in [5.74, 6) is -0.361. The summed E-state index contributed by atoms with van der Waals surface area (Å²) in [5, 5.41) is 12.9. The molecule has 0 spiro atoms. The fourth-order valence-electron chi connectivity index (χ4n) is 1.76. The molecular weight excluding hydrogens is 422 g/mol.